The molecule has 6 heteroatoms. The van der Waals surface area contributed by atoms with Gasteiger partial charge in [0.25, 0.3) is 5.91 Å². The summed E-state index contributed by atoms with van der Waals surface area (Å²) in [5.74, 6) is 0.670. The van der Waals surface area contributed by atoms with Crippen LogP contribution in [-0.2, 0) is 4.79 Å². The molecule has 2 N–H and O–H groups in total. The number of amides is 2. The van der Waals surface area contributed by atoms with Crippen molar-refractivity contribution in [3.63, 3.8) is 0 Å². The monoisotopic (exact) mass is 406 g/mol. The first kappa shape index (κ1) is 20.5. The number of thioether (sulfide) groups is 1. The zero-order valence-electron chi connectivity index (χ0n) is 16.3. The summed E-state index contributed by atoms with van der Waals surface area (Å²) in [6, 6.07) is 22.1. The van der Waals surface area contributed by atoms with E-state index in [1.54, 1.807) is 19.2 Å². The summed E-state index contributed by atoms with van der Waals surface area (Å²) < 4.78 is 5.16. The number of anilines is 2. The summed E-state index contributed by atoms with van der Waals surface area (Å²) in [5, 5.41) is 5.75. The van der Waals surface area contributed by atoms with Crippen molar-refractivity contribution in [2.75, 3.05) is 23.5 Å². The second kappa shape index (κ2) is 9.80. The standard InChI is InChI=1S/C23H22N2O3S/c1-16-6-3-7-17(12-16)23(27)25-19-9-5-11-21(14-19)29-15-22(26)24-18-8-4-10-20(13-18)28-2/h3-14H,15H2,1-2H3,(H,24,26)(H,25,27). The molecular weight excluding hydrogens is 384 g/mol. The van der Waals surface area contributed by atoms with Gasteiger partial charge in [-0.15, -0.1) is 11.8 Å². The Bertz CT molecular complexity index is 1020. The topological polar surface area (TPSA) is 67.4 Å². The average Bonchev–Trinajstić information content (AvgIpc) is 2.72. The maximum absolute atomic E-state index is 12.4. The molecule has 29 heavy (non-hydrogen) atoms. The molecule has 0 aliphatic heterocycles. The Balaban J connectivity index is 1.56. The number of benzene rings is 3. The number of aryl methyl sites for hydroxylation is 1. The van der Waals surface area contributed by atoms with Crippen molar-refractivity contribution in [3.05, 3.63) is 83.9 Å². The van der Waals surface area contributed by atoms with Crippen LogP contribution in [0.2, 0.25) is 0 Å². The second-order valence-corrected chi connectivity index (χ2v) is 7.47. The van der Waals surface area contributed by atoms with E-state index in [0.29, 0.717) is 22.7 Å². The van der Waals surface area contributed by atoms with E-state index in [1.807, 2.05) is 67.6 Å². The van der Waals surface area contributed by atoms with Gasteiger partial charge in [0.2, 0.25) is 5.91 Å². The van der Waals surface area contributed by atoms with Crippen molar-refractivity contribution in [3.8, 4) is 5.75 Å². The fraction of sp³-hybridized carbons (Fsp3) is 0.130. The number of carbonyl (C=O) groups excluding carboxylic acids is 2. The van der Waals surface area contributed by atoms with Gasteiger partial charge in [-0.2, -0.15) is 0 Å². The molecule has 0 unspecified atom stereocenters. The van der Waals surface area contributed by atoms with Crippen LogP contribution in [0.15, 0.2) is 77.7 Å². The molecule has 0 aromatic heterocycles. The summed E-state index contributed by atoms with van der Waals surface area (Å²) in [5.41, 5.74) is 3.02. The molecule has 0 heterocycles. The van der Waals surface area contributed by atoms with E-state index in [4.69, 9.17) is 4.74 Å². The van der Waals surface area contributed by atoms with Crippen molar-refractivity contribution in [1.82, 2.24) is 0 Å². The fourth-order valence-corrected chi connectivity index (χ4v) is 3.46. The molecule has 2 amide bonds. The van der Waals surface area contributed by atoms with Gasteiger partial charge in [0, 0.05) is 27.9 Å². The Labute approximate surface area is 174 Å². The minimum atomic E-state index is -0.161. The zero-order valence-corrected chi connectivity index (χ0v) is 17.1. The molecule has 0 saturated carbocycles. The molecule has 3 aromatic carbocycles. The summed E-state index contributed by atoms with van der Waals surface area (Å²) in [7, 11) is 1.58. The number of hydrogen-bond acceptors (Lipinski definition) is 4. The third kappa shape index (κ3) is 6.12. The largest absolute Gasteiger partial charge is 0.497 e. The van der Waals surface area contributed by atoms with Crippen LogP contribution < -0.4 is 15.4 Å². The molecule has 148 valence electrons. The zero-order chi connectivity index (χ0) is 20.6. The van der Waals surface area contributed by atoms with Crippen LogP contribution in [-0.4, -0.2) is 24.7 Å². The normalized spacial score (nSPS) is 10.3. The quantitative estimate of drug-likeness (QED) is 0.543. The lowest BCUT2D eigenvalue weighted by Crippen LogP contribution is -2.14. The van der Waals surface area contributed by atoms with Gasteiger partial charge in [-0.3, -0.25) is 9.59 Å². The highest BCUT2D eigenvalue weighted by molar-refractivity contribution is 8.00. The third-order valence-corrected chi connectivity index (χ3v) is 5.09. The van der Waals surface area contributed by atoms with Crippen molar-refractivity contribution >= 4 is 35.0 Å². The van der Waals surface area contributed by atoms with E-state index in [-0.39, 0.29) is 17.6 Å². The maximum Gasteiger partial charge on any atom is 0.255 e. The maximum atomic E-state index is 12.4. The number of nitrogens with one attached hydrogen (secondary N) is 2. The smallest absolute Gasteiger partial charge is 0.255 e. The van der Waals surface area contributed by atoms with Crippen molar-refractivity contribution in [2.45, 2.75) is 11.8 Å². The predicted octanol–water partition coefficient (Wildman–Crippen LogP) is 4.99. The van der Waals surface area contributed by atoms with Crippen LogP contribution in [0.1, 0.15) is 15.9 Å². The van der Waals surface area contributed by atoms with Crippen LogP contribution in [0.25, 0.3) is 0 Å². The molecule has 0 spiro atoms. The third-order valence-electron chi connectivity index (χ3n) is 4.10. The molecule has 0 saturated heterocycles. The second-order valence-electron chi connectivity index (χ2n) is 6.42. The average molecular weight is 407 g/mol. The van der Waals surface area contributed by atoms with E-state index in [0.717, 1.165) is 10.5 Å². The van der Waals surface area contributed by atoms with Crippen molar-refractivity contribution < 1.29 is 14.3 Å². The summed E-state index contributed by atoms with van der Waals surface area (Å²) in [6.45, 7) is 1.95. The highest BCUT2D eigenvalue weighted by atomic mass is 32.2. The Morgan fingerprint density at radius 3 is 2.38 bits per heavy atom. The molecular formula is C23H22N2O3S. The van der Waals surface area contributed by atoms with Crippen LogP contribution in [0.5, 0.6) is 5.75 Å². The first-order valence-electron chi connectivity index (χ1n) is 9.08. The molecule has 0 bridgehead atoms. The molecule has 0 fully saturated rings. The van der Waals surface area contributed by atoms with Gasteiger partial charge >= 0.3 is 0 Å². The highest BCUT2D eigenvalue weighted by Gasteiger charge is 2.08. The molecule has 0 atom stereocenters. The van der Waals surface area contributed by atoms with Gasteiger partial charge in [-0.25, -0.2) is 0 Å². The first-order chi connectivity index (χ1) is 14.0. The van der Waals surface area contributed by atoms with Gasteiger partial charge in [-0.1, -0.05) is 29.8 Å². The van der Waals surface area contributed by atoms with Crippen LogP contribution >= 0.6 is 11.8 Å². The van der Waals surface area contributed by atoms with Gasteiger partial charge < -0.3 is 15.4 Å². The van der Waals surface area contributed by atoms with E-state index in [9.17, 15) is 9.59 Å². The number of methoxy groups -OCH3 is 1. The van der Waals surface area contributed by atoms with Crippen LogP contribution in [0.4, 0.5) is 11.4 Å². The lowest BCUT2D eigenvalue weighted by Gasteiger charge is -2.09. The number of carbonyl (C=O) groups is 2. The lowest BCUT2D eigenvalue weighted by atomic mass is 10.1. The molecule has 3 aromatic rings. The Hall–Kier alpha value is -3.25. The molecule has 5 nitrogen and oxygen atoms in total. The Morgan fingerprint density at radius 2 is 1.62 bits per heavy atom. The van der Waals surface area contributed by atoms with Gasteiger partial charge in [-0.05, 0) is 49.4 Å². The molecule has 0 aliphatic carbocycles. The van der Waals surface area contributed by atoms with E-state index in [2.05, 4.69) is 10.6 Å². The fourth-order valence-electron chi connectivity index (χ4n) is 2.70. The SMILES string of the molecule is COc1cccc(NC(=O)CSc2cccc(NC(=O)c3cccc(C)c3)c2)c1. The lowest BCUT2D eigenvalue weighted by molar-refractivity contribution is -0.113. The van der Waals surface area contributed by atoms with Gasteiger partial charge in [0.05, 0.1) is 12.9 Å². The van der Waals surface area contributed by atoms with Gasteiger partial charge in [0.15, 0.2) is 0 Å². The number of rotatable bonds is 7. The number of hydrogen-bond donors (Lipinski definition) is 2. The first-order valence-corrected chi connectivity index (χ1v) is 10.1. The van der Waals surface area contributed by atoms with E-state index >= 15 is 0 Å². The summed E-state index contributed by atoms with van der Waals surface area (Å²) >= 11 is 1.40. The molecule has 0 radical (unpaired) electrons. The van der Waals surface area contributed by atoms with Gasteiger partial charge in [0.1, 0.15) is 5.75 Å². The minimum Gasteiger partial charge on any atom is -0.497 e. The minimum absolute atomic E-state index is 0.113. The summed E-state index contributed by atoms with van der Waals surface area (Å²) in [6.07, 6.45) is 0. The molecule has 0 aliphatic rings. The van der Waals surface area contributed by atoms with Crippen molar-refractivity contribution in [2.24, 2.45) is 0 Å². The Morgan fingerprint density at radius 1 is 0.897 bits per heavy atom. The van der Waals surface area contributed by atoms with Crippen LogP contribution in [0, 0.1) is 6.92 Å². The number of ether oxygens (including phenoxy) is 1. The predicted molar refractivity (Wildman–Crippen MR) is 118 cm³/mol. The summed E-state index contributed by atoms with van der Waals surface area (Å²) in [4.78, 5) is 25.5. The van der Waals surface area contributed by atoms with E-state index < -0.39 is 0 Å². The highest BCUT2D eigenvalue weighted by Crippen LogP contribution is 2.23. The Kier molecular flexibility index (Phi) is 6.92. The van der Waals surface area contributed by atoms with E-state index in [1.165, 1.54) is 11.8 Å². The molecule has 3 rings (SSSR count). The van der Waals surface area contributed by atoms with Crippen molar-refractivity contribution in [1.29, 1.82) is 0 Å². The van der Waals surface area contributed by atoms with Crippen LogP contribution in [0.3, 0.4) is 0 Å².